The molecule has 5 heteroatoms. The van der Waals surface area contributed by atoms with Crippen LogP contribution in [0.5, 0.6) is 0 Å². The Morgan fingerprint density at radius 1 is 1.19 bits per heavy atom. The van der Waals surface area contributed by atoms with Crippen LogP contribution in [0, 0.1) is 12.7 Å². The molecule has 0 spiro atoms. The summed E-state index contributed by atoms with van der Waals surface area (Å²) in [5.41, 5.74) is 3.26. The van der Waals surface area contributed by atoms with Gasteiger partial charge in [-0.1, -0.05) is 17.7 Å². The Bertz CT molecular complexity index is 825. The van der Waals surface area contributed by atoms with E-state index in [4.69, 9.17) is 23.2 Å². The molecule has 0 amide bonds. The number of rotatable bonds is 2. The third kappa shape index (κ3) is 2.52. The summed E-state index contributed by atoms with van der Waals surface area (Å²) in [6.45, 7) is 3.81. The van der Waals surface area contributed by atoms with Gasteiger partial charge in [0.15, 0.2) is 0 Å². The van der Waals surface area contributed by atoms with Gasteiger partial charge in [-0.15, -0.1) is 11.6 Å². The molecule has 1 aromatic heterocycles. The highest BCUT2D eigenvalue weighted by atomic mass is 35.5. The smallest absolute Gasteiger partial charge is 0.132 e. The van der Waals surface area contributed by atoms with E-state index in [1.165, 1.54) is 12.1 Å². The zero-order chi connectivity index (χ0) is 15.1. The summed E-state index contributed by atoms with van der Waals surface area (Å²) in [5, 5.41) is 0.306. The number of benzene rings is 2. The van der Waals surface area contributed by atoms with Gasteiger partial charge in [-0.3, -0.25) is 4.57 Å². The van der Waals surface area contributed by atoms with Crippen LogP contribution >= 0.6 is 23.2 Å². The van der Waals surface area contributed by atoms with Crippen molar-refractivity contribution in [1.82, 2.24) is 9.55 Å². The van der Waals surface area contributed by atoms with Crippen molar-refractivity contribution in [3.63, 3.8) is 0 Å². The molecule has 0 aliphatic rings. The Labute approximate surface area is 132 Å². The fourth-order valence-electron chi connectivity index (χ4n) is 2.41. The summed E-state index contributed by atoms with van der Waals surface area (Å²) < 4.78 is 15.5. The summed E-state index contributed by atoms with van der Waals surface area (Å²) in [7, 11) is 0. The molecular formula is C16H13Cl2FN2. The molecule has 1 atom stereocenters. The maximum atomic E-state index is 13.6. The zero-order valence-electron chi connectivity index (χ0n) is 11.6. The van der Waals surface area contributed by atoms with Crippen LogP contribution in [0.1, 0.15) is 23.7 Å². The molecule has 2 nitrogen and oxygen atoms in total. The van der Waals surface area contributed by atoms with Gasteiger partial charge in [-0.05, 0) is 43.7 Å². The number of hydrogen-bond donors (Lipinski definition) is 0. The molecule has 3 aromatic rings. The normalized spacial score (nSPS) is 12.8. The van der Waals surface area contributed by atoms with Gasteiger partial charge < -0.3 is 0 Å². The Morgan fingerprint density at radius 3 is 2.67 bits per heavy atom. The van der Waals surface area contributed by atoms with Crippen LogP contribution in [0.25, 0.3) is 16.7 Å². The Balaban J connectivity index is 2.41. The van der Waals surface area contributed by atoms with Gasteiger partial charge in [-0.25, -0.2) is 9.37 Å². The van der Waals surface area contributed by atoms with E-state index >= 15 is 0 Å². The molecule has 2 aromatic carbocycles. The number of nitrogens with zero attached hydrogens (tertiary/aromatic N) is 2. The van der Waals surface area contributed by atoms with Crippen LogP contribution in [0.2, 0.25) is 5.02 Å². The van der Waals surface area contributed by atoms with Gasteiger partial charge in [0.1, 0.15) is 11.6 Å². The van der Waals surface area contributed by atoms with Crippen molar-refractivity contribution in [3.05, 3.63) is 58.6 Å². The summed E-state index contributed by atoms with van der Waals surface area (Å²) in [4.78, 5) is 4.52. The van der Waals surface area contributed by atoms with E-state index < -0.39 is 0 Å². The lowest BCUT2D eigenvalue weighted by molar-refractivity contribution is 0.629. The standard InChI is InChI=1S/C16H13Cl2FN2/c1-9-3-4-11(18)7-14(9)21-15-8-12(19)5-6-13(15)20-16(21)10(2)17/h3-8,10H,1-2H3. The average Bonchev–Trinajstić information content (AvgIpc) is 2.80. The van der Waals surface area contributed by atoms with Gasteiger partial charge in [0.05, 0.1) is 22.1 Å². The number of aromatic nitrogens is 2. The first-order chi connectivity index (χ1) is 9.97. The largest absolute Gasteiger partial charge is 0.295 e. The van der Waals surface area contributed by atoms with Crippen molar-refractivity contribution in [2.45, 2.75) is 19.2 Å². The quantitative estimate of drug-likeness (QED) is 0.575. The monoisotopic (exact) mass is 322 g/mol. The first-order valence-corrected chi connectivity index (χ1v) is 7.37. The third-order valence-electron chi connectivity index (χ3n) is 3.41. The predicted octanol–water partition coefficient (Wildman–Crippen LogP) is 5.43. The average molecular weight is 323 g/mol. The number of imidazole rings is 1. The number of alkyl halides is 1. The first-order valence-electron chi connectivity index (χ1n) is 6.56. The fourth-order valence-corrected chi connectivity index (χ4v) is 2.72. The molecule has 0 N–H and O–H groups in total. The second-order valence-electron chi connectivity index (χ2n) is 4.99. The molecule has 3 rings (SSSR count). The fraction of sp³-hybridized carbons (Fsp3) is 0.188. The number of aryl methyl sites for hydroxylation is 1. The minimum atomic E-state index is -0.308. The Kier molecular flexibility index (Phi) is 3.64. The van der Waals surface area contributed by atoms with Gasteiger partial charge in [0.2, 0.25) is 0 Å². The SMILES string of the molecule is Cc1ccc(Cl)cc1-n1c(C(C)Cl)nc2ccc(F)cc21. The van der Waals surface area contributed by atoms with Crippen LogP contribution < -0.4 is 0 Å². The topological polar surface area (TPSA) is 17.8 Å². The summed E-state index contributed by atoms with van der Waals surface area (Å²) in [6, 6.07) is 10.1. The summed E-state index contributed by atoms with van der Waals surface area (Å²) in [5.74, 6) is 0.361. The minimum Gasteiger partial charge on any atom is -0.295 e. The van der Waals surface area contributed by atoms with Gasteiger partial charge in [0.25, 0.3) is 0 Å². The van der Waals surface area contributed by atoms with E-state index in [-0.39, 0.29) is 11.2 Å². The number of hydrogen-bond acceptors (Lipinski definition) is 1. The molecular weight excluding hydrogens is 310 g/mol. The summed E-state index contributed by atoms with van der Waals surface area (Å²) in [6.07, 6.45) is 0. The van der Waals surface area contributed by atoms with E-state index in [0.29, 0.717) is 21.9 Å². The summed E-state index contributed by atoms with van der Waals surface area (Å²) >= 11 is 12.4. The predicted molar refractivity (Wildman–Crippen MR) is 85.0 cm³/mol. The van der Waals surface area contributed by atoms with Gasteiger partial charge in [0, 0.05) is 11.1 Å². The van der Waals surface area contributed by atoms with Gasteiger partial charge in [-0.2, -0.15) is 0 Å². The van der Waals surface area contributed by atoms with Crippen molar-refractivity contribution in [2.24, 2.45) is 0 Å². The molecule has 0 bridgehead atoms. The molecule has 0 saturated carbocycles. The second kappa shape index (κ2) is 5.32. The molecule has 21 heavy (non-hydrogen) atoms. The van der Waals surface area contributed by atoms with Crippen molar-refractivity contribution < 1.29 is 4.39 Å². The van der Waals surface area contributed by atoms with Crippen molar-refractivity contribution >= 4 is 34.2 Å². The van der Waals surface area contributed by atoms with Gasteiger partial charge >= 0.3 is 0 Å². The van der Waals surface area contributed by atoms with E-state index in [9.17, 15) is 4.39 Å². The molecule has 0 fully saturated rings. The molecule has 108 valence electrons. The van der Waals surface area contributed by atoms with Crippen LogP contribution in [0.15, 0.2) is 36.4 Å². The van der Waals surface area contributed by atoms with Crippen LogP contribution in [-0.4, -0.2) is 9.55 Å². The maximum Gasteiger partial charge on any atom is 0.132 e. The molecule has 1 heterocycles. The van der Waals surface area contributed by atoms with Crippen molar-refractivity contribution in [3.8, 4) is 5.69 Å². The van der Waals surface area contributed by atoms with E-state index in [1.807, 2.05) is 36.6 Å². The van der Waals surface area contributed by atoms with Crippen molar-refractivity contribution in [1.29, 1.82) is 0 Å². The van der Waals surface area contributed by atoms with E-state index in [1.54, 1.807) is 6.07 Å². The highest BCUT2D eigenvalue weighted by Gasteiger charge is 2.18. The van der Waals surface area contributed by atoms with Crippen LogP contribution in [0.4, 0.5) is 4.39 Å². The lowest BCUT2D eigenvalue weighted by Gasteiger charge is -2.13. The molecule has 0 aliphatic carbocycles. The highest BCUT2D eigenvalue weighted by Crippen LogP contribution is 2.31. The van der Waals surface area contributed by atoms with Crippen molar-refractivity contribution in [2.75, 3.05) is 0 Å². The highest BCUT2D eigenvalue weighted by molar-refractivity contribution is 6.30. The molecule has 0 saturated heterocycles. The van der Waals surface area contributed by atoms with Crippen LogP contribution in [0.3, 0.4) is 0 Å². The Morgan fingerprint density at radius 2 is 1.95 bits per heavy atom. The molecule has 0 radical (unpaired) electrons. The lowest BCUT2D eigenvalue weighted by atomic mass is 10.2. The van der Waals surface area contributed by atoms with E-state index in [2.05, 4.69) is 4.98 Å². The number of halogens is 3. The number of fused-ring (bicyclic) bond motifs is 1. The maximum absolute atomic E-state index is 13.6. The van der Waals surface area contributed by atoms with Crippen LogP contribution in [-0.2, 0) is 0 Å². The lowest BCUT2D eigenvalue weighted by Crippen LogP contribution is -2.04. The Hall–Kier alpha value is -1.58. The zero-order valence-corrected chi connectivity index (χ0v) is 13.1. The minimum absolute atomic E-state index is 0.307. The second-order valence-corrected chi connectivity index (χ2v) is 6.08. The third-order valence-corrected chi connectivity index (χ3v) is 3.84. The molecule has 0 aliphatic heterocycles. The molecule has 1 unspecified atom stereocenters. The van der Waals surface area contributed by atoms with E-state index in [0.717, 1.165) is 11.3 Å². The first kappa shape index (κ1) is 14.4.